The Balaban J connectivity index is 0.00000225. The van der Waals surface area contributed by atoms with Crippen LogP contribution in [0.2, 0.25) is 0 Å². The zero-order chi connectivity index (χ0) is 17.3. The van der Waals surface area contributed by atoms with E-state index in [2.05, 4.69) is 31.9 Å². The Labute approximate surface area is 173 Å². The van der Waals surface area contributed by atoms with E-state index >= 15 is 0 Å². The Kier molecular flexibility index (Phi) is 6.59. The Hall–Kier alpha value is -1.44. The molecule has 1 heterocycles. The maximum Gasteiger partial charge on any atom is 0.355 e. The Morgan fingerprint density at radius 1 is 1.04 bits per heavy atom. The van der Waals surface area contributed by atoms with E-state index in [0.29, 0.717) is 11.5 Å². The molecule has 2 N–H and O–H groups in total. The first-order chi connectivity index (χ1) is 11.5. The molecule has 7 heteroatoms. The van der Waals surface area contributed by atoms with Crippen molar-refractivity contribution in [1.82, 2.24) is 4.57 Å². The number of ketones is 1. The van der Waals surface area contributed by atoms with Crippen LogP contribution in [0.3, 0.4) is 0 Å². The summed E-state index contributed by atoms with van der Waals surface area (Å²) in [4.78, 5) is 12.5. The molecule has 2 aromatic carbocycles. The summed E-state index contributed by atoms with van der Waals surface area (Å²) < 4.78 is 5.63. The van der Waals surface area contributed by atoms with Gasteiger partial charge in [0.1, 0.15) is 18.4 Å². The number of halogens is 3. The van der Waals surface area contributed by atoms with Gasteiger partial charge < -0.3 is 17.0 Å². The Morgan fingerprint density at radius 3 is 2.12 bits per heavy atom. The van der Waals surface area contributed by atoms with E-state index in [1.807, 2.05) is 66.3 Å². The van der Waals surface area contributed by atoms with Crippen LogP contribution in [-0.2, 0) is 13.6 Å². The molecule has 0 aliphatic rings. The van der Waals surface area contributed by atoms with E-state index in [1.54, 1.807) is 4.57 Å². The zero-order valence-electron chi connectivity index (χ0n) is 13.4. The monoisotopic (exact) mass is 527 g/mol. The molecular formula is C18H16Br3N3O. The third-order valence-corrected chi connectivity index (χ3v) is 4.95. The van der Waals surface area contributed by atoms with Crippen LogP contribution in [0, 0.1) is 0 Å². The molecule has 4 nitrogen and oxygen atoms in total. The number of Topliss-reactive ketones (excluding diaryl/α,β-unsaturated/α-hetero) is 1. The predicted octanol–water partition coefficient (Wildman–Crippen LogP) is 0.974. The first-order valence-corrected chi connectivity index (χ1v) is 8.93. The minimum Gasteiger partial charge on any atom is -1.00 e. The van der Waals surface area contributed by atoms with E-state index in [1.165, 1.54) is 0 Å². The van der Waals surface area contributed by atoms with Gasteiger partial charge in [-0.05, 0) is 24.3 Å². The molecule has 0 spiro atoms. The van der Waals surface area contributed by atoms with Crippen molar-refractivity contribution in [3.05, 3.63) is 69.2 Å². The Morgan fingerprint density at radius 2 is 1.56 bits per heavy atom. The second kappa shape index (κ2) is 8.29. The lowest BCUT2D eigenvalue weighted by Crippen LogP contribution is -3.00. The summed E-state index contributed by atoms with van der Waals surface area (Å²) >= 11 is 6.81. The van der Waals surface area contributed by atoms with Gasteiger partial charge in [0.05, 0.1) is 7.05 Å². The number of nitrogen functional groups attached to an aromatic ring is 1. The van der Waals surface area contributed by atoms with Gasteiger partial charge in [-0.2, -0.15) is 0 Å². The highest BCUT2D eigenvalue weighted by Gasteiger charge is 2.20. The maximum atomic E-state index is 12.5. The van der Waals surface area contributed by atoms with Crippen molar-refractivity contribution in [1.29, 1.82) is 0 Å². The zero-order valence-corrected chi connectivity index (χ0v) is 18.2. The fraction of sp³-hybridized carbons (Fsp3) is 0.111. The Bertz CT molecular complexity index is 887. The van der Waals surface area contributed by atoms with Crippen LogP contribution in [0.4, 0.5) is 5.95 Å². The molecular weight excluding hydrogens is 514 g/mol. The van der Waals surface area contributed by atoms with Gasteiger partial charge in [0, 0.05) is 20.1 Å². The summed E-state index contributed by atoms with van der Waals surface area (Å²) in [5, 5.41) is 0. The first kappa shape index (κ1) is 19.9. The van der Waals surface area contributed by atoms with Gasteiger partial charge in [0.15, 0.2) is 5.78 Å². The van der Waals surface area contributed by atoms with Crippen LogP contribution in [0.1, 0.15) is 10.4 Å². The van der Waals surface area contributed by atoms with Crippen molar-refractivity contribution in [3.8, 4) is 11.3 Å². The van der Waals surface area contributed by atoms with Crippen molar-refractivity contribution in [3.63, 3.8) is 0 Å². The molecule has 0 saturated heterocycles. The standard InChI is InChI=1S/C18H15Br2N3O.BrH/c1-22-16(12-2-6-14(19)7-3-12)10-23(18(22)21)11-17(24)13-4-8-15(20)9-5-13;/h2-10,21H,11H2,1H3;1H. The molecule has 0 unspecified atom stereocenters. The fourth-order valence-corrected chi connectivity index (χ4v) is 3.04. The van der Waals surface area contributed by atoms with E-state index in [9.17, 15) is 4.79 Å². The maximum absolute atomic E-state index is 12.5. The minimum atomic E-state index is 0. The van der Waals surface area contributed by atoms with Crippen LogP contribution in [0.25, 0.3) is 11.3 Å². The topological polar surface area (TPSA) is 51.9 Å². The summed E-state index contributed by atoms with van der Waals surface area (Å²) in [6, 6.07) is 15.3. The highest BCUT2D eigenvalue weighted by atomic mass is 79.9. The number of aromatic nitrogens is 2. The number of carbonyl (C=O) groups is 1. The number of benzene rings is 2. The van der Waals surface area contributed by atoms with Gasteiger partial charge in [0.2, 0.25) is 0 Å². The van der Waals surface area contributed by atoms with Crippen LogP contribution >= 0.6 is 31.9 Å². The number of carbonyl (C=O) groups excluding carboxylic acids is 1. The minimum absolute atomic E-state index is 0. The van der Waals surface area contributed by atoms with Crippen LogP contribution in [-0.4, -0.2) is 10.4 Å². The first-order valence-electron chi connectivity index (χ1n) is 7.35. The van der Waals surface area contributed by atoms with Crippen molar-refractivity contribution < 1.29 is 26.3 Å². The number of hydrogen-bond donors (Lipinski definition) is 1. The lowest BCUT2D eigenvalue weighted by molar-refractivity contribution is -0.667. The SMILES string of the molecule is Cn1c(-c2ccc(Br)cc2)c[n+](CC(=O)c2ccc(Br)cc2)c1N.[Br-]. The second-order valence-corrected chi connectivity index (χ2v) is 7.33. The summed E-state index contributed by atoms with van der Waals surface area (Å²) in [5.74, 6) is 0.561. The molecule has 1 aromatic heterocycles. The van der Waals surface area contributed by atoms with E-state index in [0.717, 1.165) is 20.2 Å². The highest BCUT2D eigenvalue weighted by molar-refractivity contribution is 9.10. The summed E-state index contributed by atoms with van der Waals surface area (Å²) in [6.07, 6.45) is 1.91. The molecule has 0 aliphatic heterocycles. The number of anilines is 1. The average molecular weight is 530 g/mol. The van der Waals surface area contributed by atoms with Crippen molar-refractivity contribution in [2.75, 3.05) is 5.73 Å². The van der Waals surface area contributed by atoms with Gasteiger partial charge >= 0.3 is 5.95 Å². The predicted molar refractivity (Wildman–Crippen MR) is 102 cm³/mol. The van der Waals surface area contributed by atoms with E-state index < -0.39 is 0 Å². The summed E-state index contributed by atoms with van der Waals surface area (Å²) in [6.45, 7) is 0.206. The van der Waals surface area contributed by atoms with Gasteiger partial charge in [-0.3, -0.25) is 10.5 Å². The average Bonchev–Trinajstić information content (AvgIpc) is 2.85. The van der Waals surface area contributed by atoms with Crippen LogP contribution < -0.4 is 27.3 Å². The molecule has 0 saturated carbocycles. The quantitative estimate of drug-likeness (QED) is 0.405. The van der Waals surface area contributed by atoms with Crippen molar-refractivity contribution in [2.24, 2.45) is 7.05 Å². The second-order valence-electron chi connectivity index (χ2n) is 5.50. The summed E-state index contributed by atoms with van der Waals surface area (Å²) in [5.41, 5.74) is 8.85. The molecule has 3 rings (SSSR count). The number of rotatable bonds is 4. The number of imidazole rings is 1. The van der Waals surface area contributed by atoms with Crippen LogP contribution in [0.15, 0.2) is 63.7 Å². The third-order valence-electron chi connectivity index (χ3n) is 3.90. The van der Waals surface area contributed by atoms with Crippen molar-refractivity contribution in [2.45, 2.75) is 6.54 Å². The number of nitrogens with two attached hydrogens (primary N) is 1. The van der Waals surface area contributed by atoms with Crippen molar-refractivity contribution >= 4 is 43.6 Å². The van der Waals surface area contributed by atoms with Gasteiger partial charge in [-0.25, -0.2) is 9.13 Å². The van der Waals surface area contributed by atoms with Gasteiger partial charge in [0.25, 0.3) is 0 Å². The molecule has 130 valence electrons. The highest BCUT2D eigenvalue weighted by Crippen LogP contribution is 2.22. The normalized spacial score (nSPS) is 10.4. The van der Waals surface area contributed by atoms with Gasteiger partial charge in [-0.1, -0.05) is 56.1 Å². The lowest BCUT2D eigenvalue weighted by atomic mass is 10.1. The largest absolute Gasteiger partial charge is 1.00 e. The molecule has 25 heavy (non-hydrogen) atoms. The molecule has 0 aliphatic carbocycles. The van der Waals surface area contributed by atoms with Crippen LogP contribution in [0.5, 0.6) is 0 Å². The van der Waals surface area contributed by atoms with E-state index in [-0.39, 0.29) is 29.3 Å². The fourth-order valence-electron chi connectivity index (χ4n) is 2.51. The molecule has 3 aromatic rings. The molecule has 0 radical (unpaired) electrons. The summed E-state index contributed by atoms with van der Waals surface area (Å²) in [7, 11) is 1.90. The van der Waals surface area contributed by atoms with Gasteiger partial charge in [-0.15, -0.1) is 0 Å². The van der Waals surface area contributed by atoms with E-state index in [4.69, 9.17) is 5.73 Å². The molecule has 0 fully saturated rings. The molecule has 0 atom stereocenters. The smallest absolute Gasteiger partial charge is 0.355 e. The lowest BCUT2D eigenvalue weighted by Gasteiger charge is -2.00. The third kappa shape index (κ3) is 4.40. The molecule has 0 amide bonds. The molecule has 0 bridgehead atoms. The number of nitrogens with zero attached hydrogens (tertiary/aromatic N) is 2. The number of hydrogen-bond acceptors (Lipinski definition) is 2.